The number of β-lactam (4-membered cyclic amide) rings is 1. The lowest BCUT2D eigenvalue weighted by molar-refractivity contribution is -0.140. The van der Waals surface area contributed by atoms with Gasteiger partial charge in [-0.1, -0.05) is 30.3 Å². The summed E-state index contributed by atoms with van der Waals surface area (Å²) in [5.74, 6) is -0.955. The molecule has 2 aliphatic heterocycles. The van der Waals surface area contributed by atoms with Crippen LogP contribution in [0.4, 0.5) is 9.59 Å². The van der Waals surface area contributed by atoms with E-state index in [2.05, 4.69) is 16.0 Å². The molecule has 2 aliphatic rings. The third kappa shape index (κ3) is 2.93. The van der Waals surface area contributed by atoms with Crippen LogP contribution in [-0.2, 0) is 20.9 Å². The summed E-state index contributed by atoms with van der Waals surface area (Å²) >= 11 is 0. The van der Waals surface area contributed by atoms with E-state index in [1.807, 2.05) is 18.2 Å². The molecule has 23 heavy (non-hydrogen) atoms. The van der Waals surface area contributed by atoms with Crippen LogP contribution in [0, 0.1) is 0 Å². The van der Waals surface area contributed by atoms with Crippen molar-refractivity contribution in [2.75, 3.05) is 6.54 Å². The predicted octanol–water partition coefficient (Wildman–Crippen LogP) is -0.711. The van der Waals surface area contributed by atoms with E-state index in [0.29, 0.717) is 0 Å². The minimum absolute atomic E-state index is 0.0504. The van der Waals surface area contributed by atoms with Gasteiger partial charge in [-0.3, -0.25) is 9.59 Å². The molecule has 0 aliphatic carbocycles. The lowest BCUT2D eigenvalue weighted by Gasteiger charge is -2.40. The topological polar surface area (TPSA) is 117 Å². The Morgan fingerprint density at radius 1 is 1.26 bits per heavy atom. The van der Waals surface area contributed by atoms with E-state index < -0.39 is 36.1 Å². The van der Waals surface area contributed by atoms with Gasteiger partial charge in [0.2, 0.25) is 5.91 Å². The first-order chi connectivity index (χ1) is 11.1. The second-order valence-corrected chi connectivity index (χ2v) is 5.06. The van der Waals surface area contributed by atoms with E-state index in [9.17, 15) is 19.2 Å². The van der Waals surface area contributed by atoms with Crippen molar-refractivity contribution in [3.05, 3.63) is 35.9 Å². The Hall–Kier alpha value is -3.10. The van der Waals surface area contributed by atoms with Crippen LogP contribution in [0.1, 0.15) is 5.56 Å². The van der Waals surface area contributed by atoms with Crippen LogP contribution in [0.2, 0.25) is 0 Å². The summed E-state index contributed by atoms with van der Waals surface area (Å²) in [6.07, 6.45) is -1.70. The van der Waals surface area contributed by atoms with Gasteiger partial charge in [0.15, 0.2) is 6.04 Å². The molecular formula is C14H14N4O5. The quantitative estimate of drug-likeness (QED) is 0.501. The number of benzene rings is 1. The van der Waals surface area contributed by atoms with E-state index in [1.54, 1.807) is 12.1 Å². The average Bonchev–Trinajstić information content (AvgIpc) is 2.88. The number of carbonyl (C=O) groups excluding carboxylic acids is 4. The molecule has 2 fully saturated rings. The Morgan fingerprint density at radius 2 is 2.00 bits per heavy atom. The van der Waals surface area contributed by atoms with Gasteiger partial charge in [0, 0.05) is 0 Å². The van der Waals surface area contributed by atoms with Gasteiger partial charge < -0.3 is 20.7 Å². The summed E-state index contributed by atoms with van der Waals surface area (Å²) in [6, 6.07) is 7.41. The number of carbonyl (C=O) groups is 4. The number of hydrogen-bond donors (Lipinski definition) is 3. The summed E-state index contributed by atoms with van der Waals surface area (Å²) in [6.45, 7) is -0.0782. The molecule has 0 unspecified atom stereocenters. The SMILES string of the molecule is O=C(N[C@@H]1C(=O)N[C@H]1N1C(=O)CNC1=O)OCc1ccccc1. The van der Waals surface area contributed by atoms with Crippen LogP contribution in [0.15, 0.2) is 30.3 Å². The molecule has 3 rings (SSSR count). The number of ether oxygens (including phenoxy) is 1. The molecule has 3 N–H and O–H groups in total. The van der Waals surface area contributed by atoms with Crippen molar-refractivity contribution in [1.29, 1.82) is 0 Å². The van der Waals surface area contributed by atoms with E-state index in [1.165, 1.54) is 0 Å². The zero-order chi connectivity index (χ0) is 16.4. The number of hydrogen-bond acceptors (Lipinski definition) is 5. The van der Waals surface area contributed by atoms with Crippen molar-refractivity contribution in [1.82, 2.24) is 20.9 Å². The highest BCUT2D eigenvalue weighted by Crippen LogP contribution is 2.15. The molecule has 9 heteroatoms. The second kappa shape index (κ2) is 5.95. The van der Waals surface area contributed by atoms with Crippen LogP contribution in [0.5, 0.6) is 0 Å². The number of amides is 5. The fourth-order valence-electron chi connectivity index (χ4n) is 2.33. The van der Waals surface area contributed by atoms with E-state index in [0.717, 1.165) is 10.5 Å². The summed E-state index contributed by atoms with van der Waals surface area (Å²) in [5.41, 5.74) is 0.798. The molecule has 0 bridgehead atoms. The first-order valence-electron chi connectivity index (χ1n) is 6.94. The zero-order valence-electron chi connectivity index (χ0n) is 11.9. The fourth-order valence-corrected chi connectivity index (χ4v) is 2.33. The number of imide groups is 1. The Labute approximate surface area is 131 Å². The maximum atomic E-state index is 11.8. The third-order valence-corrected chi connectivity index (χ3v) is 3.53. The normalized spacial score (nSPS) is 23.0. The molecule has 5 amide bonds. The summed E-state index contributed by atoms with van der Waals surface area (Å²) in [5, 5.41) is 7.11. The molecule has 2 atom stereocenters. The molecule has 1 aromatic carbocycles. The molecule has 1 aromatic rings. The highest BCUT2D eigenvalue weighted by Gasteiger charge is 2.50. The van der Waals surface area contributed by atoms with Gasteiger partial charge in [0.05, 0.1) is 6.54 Å². The number of alkyl carbamates (subject to hydrolysis) is 1. The lowest BCUT2D eigenvalue weighted by Crippen LogP contribution is -2.75. The molecule has 2 heterocycles. The first kappa shape index (κ1) is 14.8. The Kier molecular flexibility index (Phi) is 3.83. The molecule has 0 saturated carbocycles. The van der Waals surface area contributed by atoms with Crippen LogP contribution in [-0.4, -0.2) is 47.6 Å². The number of nitrogens with zero attached hydrogens (tertiary/aromatic N) is 1. The van der Waals surface area contributed by atoms with Crippen LogP contribution >= 0.6 is 0 Å². The van der Waals surface area contributed by atoms with Crippen molar-refractivity contribution in [3.63, 3.8) is 0 Å². The largest absolute Gasteiger partial charge is 0.445 e. The molecule has 2 saturated heterocycles. The van der Waals surface area contributed by atoms with Crippen LogP contribution in [0.25, 0.3) is 0 Å². The van der Waals surface area contributed by atoms with Crippen LogP contribution in [0.3, 0.4) is 0 Å². The van der Waals surface area contributed by atoms with Crippen molar-refractivity contribution in [3.8, 4) is 0 Å². The summed E-state index contributed by atoms with van der Waals surface area (Å²) in [4.78, 5) is 47.4. The van der Waals surface area contributed by atoms with Gasteiger partial charge >= 0.3 is 12.1 Å². The molecule has 0 spiro atoms. The first-order valence-corrected chi connectivity index (χ1v) is 6.94. The minimum Gasteiger partial charge on any atom is -0.445 e. The number of urea groups is 1. The Morgan fingerprint density at radius 3 is 2.61 bits per heavy atom. The van der Waals surface area contributed by atoms with Gasteiger partial charge in [0.1, 0.15) is 12.8 Å². The van der Waals surface area contributed by atoms with Crippen molar-refractivity contribution in [2.24, 2.45) is 0 Å². The smallest absolute Gasteiger partial charge is 0.408 e. The van der Waals surface area contributed by atoms with Gasteiger partial charge in [-0.2, -0.15) is 0 Å². The molecule has 0 radical (unpaired) electrons. The van der Waals surface area contributed by atoms with Crippen molar-refractivity contribution < 1.29 is 23.9 Å². The maximum absolute atomic E-state index is 11.8. The average molecular weight is 318 g/mol. The minimum atomic E-state index is -1.02. The van der Waals surface area contributed by atoms with E-state index in [4.69, 9.17) is 4.74 Å². The van der Waals surface area contributed by atoms with Crippen molar-refractivity contribution >= 4 is 23.9 Å². The van der Waals surface area contributed by atoms with Crippen LogP contribution < -0.4 is 16.0 Å². The van der Waals surface area contributed by atoms with Gasteiger partial charge in [-0.25, -0.2) is 14.5 Å². The Balaban J connectivity index is 1.56. The van der Waals surface area contributed by atoms with E-state index >= 15 is 0 Å². The number of nitrogens with one attached hydrogen (secondary N) is 3. The maximum Gasteiger partial charge on any atom is 0.408 e. The monoisotopic (exact) mass is 318 g/mol. The predicted molar refractivity (Wildman–Crippen MR) is 75.7 cm³/mol. The highest BCUT2D eigenvalue weighted by atomic mass is 16.5. The summed E-state index contributed by atoms with van der Waals surface area (Å²) in [7, 11) is 0. The second-order valence-electron chi connectivity index (χ2n) is 5.06. The molecule has 120 valence electrons. The molecule has 0 aromatic heterocycles. The van der Waals surface area contributed by atoms with E-state index in [-0.39, 0.29) is 13.2 Å². The van der Waals surface area contributed by atoms with Gasteiger partial charge in [-0.05, 0) is 5.56 Å². The Bertz CT molecular complexity index is 646. The summed E-state index contributed by atoms with van der Waals surface area (Å²) < 4.78 is 5.01. The van der Waals surface area contributed by atoms with Gasteiger partial charge in [0.25, 0.3) is 5.91 Å². The van der Waals surface area contributed by atoms with Gasteiger partial charge in [-0.15, -0.1) is 0 Å². The highest BCUT2D eigenvalue weighted by molar-refractivity contribution is 6.05. The molecule has 9 nitrogen and oxygen atoms in total. The standard InChI is InChI=1S/C14H14N4O5/c19-9-6-15-13(21)18(9)11-10(12(20)17-11)16-14(22)23-7-8-4-2-1-3-5-8/h1-5,10-11H,6-7H2,(H,15,21)(H,16,22)(H,17,20)/t10-,11-/m0/s1. The van der Waals surface area contributed by atoms with Crippen molar-refractivity contribution in [2.45, 2.75) is 18.8 Å². The fraction of sp³-hybridized carbons (Fsp3) is 0.286. The lowest BCUT2D eigenvalue weighted by atomic mass is 10.1. The third-order valence-electron chi connectivity index (χ3n) is 3.53. The molecular weight excluding hydrogens is 304 g/mol. The zero-order valence-corrected chi connectivity index (χ0v) is 11.9. The number of rotatable bonds is 4.